The molecular weight excluding hydrogens is 455 g/mol. The van der Waals surface area contributed by atoms with Crippen molar-refractivity contribution in [3.63, 3.8) is 0 Å². The van der Waals surface area contributed by atoms with E-state index in [1.54, 1.807) is 12.4 Å². The third-order valence-electron chi connectivity index (χ3n) is 5.54. The fourth-order valence-electron chi connectivity index (χ4n) is 3.67. The molecule has 0 bridgehead atoms. The molecule has 2 rings (SSSR count). The van der Waals surface area contributed by atoms with Gasteiger partial charge in [-0.25, -0.2) is 0 Å². The molecule has 4 heteroatoms. The van der Waals surface area contributed by atoms with Crippen molar-refractivity contribution in [3.05, 3.63) is 48.8 Å². The number of unbranched alkanes of at least 4 members (excludes halogenated alkanes) is 4. The second-order valence-corrected chi connectivity index (χ2v) is 8.08. The molecule has 2 aromatic rings. The zero-order chi connectivity index (χ0) is 21.2. The largest absolute Gasteiger partial charge is 2.00 e. The first-order chi connectivity index (χ1) is 14.2. The van der Waals surface area contributed by atoms with Gasteiger partial charge in [-0.15, -0.1) is 0 Å². The molecule has 168 valence electrons. The van der Waals surface area contributed by atoms with Gasteiger partial charge in [0.25, 0.3) is 0 Å². The summed E-state index contributed by atoms with van der Waals surface area (Å²) < 4.78 is 1.42. The van der Waals surface area contributed by atoms with Gasteiger partial charge in [0, 0.05) is 12.4 Å². The molecule has 0 N–H and O–H groups in total. The van der Waals surface area contributed by atoms with Crippen LogP contribution >= 0.6 is 0 Å². The van der Waals surface area contributed by atoms with Gasteiger partial charge in [0.15, 0.2) is 0 Å². The van der Waals surface area contributed by atoms with Crippen molar-refractivity contribution in [2.45, 2.75) is 79.1 Å². The zero-order valence-electron chi connectivity index (χ0n) is 19.8. The van der Waals surface area contributed by atoms with Crippen LogP contribution in [-0.4, -0.2) is 40.6 Å². The summed E-state index contributed by atoms with van der Waals surface area (Å²) in [5.74, 6) is 0. The molecule has 0 aliphatic heterocycles. The third kappa shape index (κ3) is 11.9. The second kappa shape index (κ2) is 18.6. The molecule has 30 heavy (non-hydrogen) atoms. The second-order valence-electron chi connectivity index (χ2n) is 8.08. The Hall–Kier alpha value is -1.12. The molecule has 0 fully saturated rings. The van der Waals surface area contributed by atoms with E-state index in [-0.39, 0.29) is 19.5 Å². The minimum Gasteiger partial charge on any atom is -0.324 e. The fourth-order valence-corrected chi connectivity index (χ4v) is 3.67. The SMILES string of the molecule is CCCC[N+](CCCC)(CCCC)CCCC.[Ru+2].c1ccc(-c2ccccn2)nc1. The van der Waals surface area contributed by atoms with E-state index in [4.69, 9.17) is 0 Å². The maximum Gasteiger partial charge on any atom is 2.00 e. The Morgan fingerprint density at radius 1 is 0.567 bits per heavy atom. The number of hydrogen-bond acceptors (Lipinski definition) is 2. The Labute approximate surface area is 199 Å². The Balaban J connectivity index is 0.000000566. The standard InChI is InChI=1S/C16H36N.C10H8N2.Ru/c1-5-9-13-17(14-10-6-2,15-11-7-3)16-12-8-4;1-3-7-11-9(5-1)10-6-2-4-8-12-10;/h5-16H2,1-4H3;1-8H;/q+1;;+2. The van der Waals surface area contributed by atoms with Gasteiger partial charge < -0.3 is 4.48 Å². The number of quaternary nitrogens is 1. The van der Waals surface area contributed by atoms with Crippen LogP contribution in [0.2, 0.25) is 0 Å². The Kier molecular flexibility index (Phi) is 17.9. The number of hydrogen-bond donors (Lipinski definition) is 0. The first-order valence-corrected chi connectivity index (χ1v) is 11.9. The molecule has 0 aliphatic carbocycles. The molecular formula is C26H44N3Ru+3. The van der Waals surface area contributed by atoms with E-state index in [1.165, 1.54) is 82.0 Å². The van der Waals surface area contributed by atoms with Crippen molar-refractivity contribution in [2.75, 3.05) is 26.2 Å². The number of rotatable bonds is 13. The van der Waals surface area contributed by atoms with Gasteiger partial charge in [-0.1, -0.05) is 65.5 Å². The first kappa shape index (κ1) is 28.9. The van der Waals surface area contributed by atoms with Crippen LogP contribution in [0.25, 0.3) is 11.4 Å². The molecule has 0 amide bonds. The summed E-state index contributed by atoms with van der Waals surface area (Å²) in [6.07, 6.45) is 14.6. The van der Waals surface area contributed by atoms with E-state index in [0.717, 1.165) is 11.4 Å². The quantitative estimate of drug-likeness (QED) is 0.216. The molecule has 0 spiro atoms. The number of aromatic nitrogens is 2. The van der Waals surface area contributed by atoms with Crippen molar-refractivity contribution >= 4 is 0 Å². The van der Waals surface area contributed by atoms with Crippen molar-refractivity contribution in [1.29, 1.82) is 0 Å². The topological polar surface area (TPSA) is 25.8 Å². The van der Waals surface area contributed by atoms with Crippen LogP contribution in [0.3, 0.4) is 0 Å². The third-order valence-corrected chi connectivity index (χ3v) is 5.54. The average molecular weight is 500 g/mol. The van der Waals surface area contributed by atoms with Gasteiger partial charge in [-0.2, -0.15) is 0 Å². The van der Waals surface area contributed by atoms with Crippen molar-refractivity contribution < 1.29 is 24.0 Å². The van der Waals surface area contributed by atoms with Crippen LogP contribution in [-0.2, 0) is 19.5 Å². The van der Waals surface area contributed by atoms with Crippen LogP contribution in [0.4, 0.5) is 0 Å². The molecule has 0 atom stereocenters. The fraction of sp³-hybridized carbons (Fsp3) is 0.615. The van der Waals surface area contributed by atoms with Crippen LogP contribution in [0.15, 0.2) is 48.8 Å². The van der Waals surface area contributed by atoms with E-state index < -0.39 is 0 Å². The first-order valence-electron chi connectivity index (χ1n) is 11.9. The zero-order valence-corrected chi connectivity index (χ0v) is 21.5. The van der Waals surface area contributed by atoms with Gasteiger partial charge >= 0.3 is 19.5 Å². The molecule has 0 saturated carbocycles. The van der Waals surface area contributed by atoms with Crippen molar-refractivity contribution in [2.24, 2.45) is 0 Å². The molecule has 0 saturated heterocycles. The van der Waals surface area contributed by atoms with Crippen molar-refractivity contribution in [1.82, 2.24) is 9.97 Å². The Morgan fingerprint density at radius 3 is 1.13 bits per heavy atom. The molecule has 0 aliphatic rings. The number of pyridine rings is 2. The molecule has 2 heterocycles. The van der Waals surface area contributed by atoms with E-state index in [2.05, 4.69) is 37.7 Å². The average Bonchev–Trinajstić information content (AvgIpc) is 2.80. The van der Waals surface area contributed by atoms with Crippen LogP contribution < -0.4 is 0 Å². The Morgan fingerprint density at radius 2 is 0.900 bits per heavy atom. The van der Waals surface area contributed by atoms with Crippen LogP contribution in [0.5, 0.6) is 0 Å². The molecule has 2 aromatic heterocycles. The summed E-state index contributed by atoms with van der Waals surface area (Å²) in [6, 6.07) is 11.6. The maximum absolute atomic E-state index is 4.19. The molecule has 3 nitrogen and oxygen atoms in total. The van der Waals surface area contributed by atoms with Gasteiger partial charge in [-0.3, -0.25) is 9.97 Å². The van der Waals surface area contributed by atoms with E-state index in [0.29, 0.717) is 0 Å². The molecule has 0 radical (unpaired) electrons. The van der Waals surface area contributed by atoms with E-state index in [9.17, 15) is 0 Å². The Bertz CT molecular complexity index is 529. The van der Waals surface area contributed by atoms with Crippen LogP contribution in [0, 0.1) is 0 Å². The predicted octanol–water partition coefficient (Wildman–Crippen LogP) is 7.14. The minimum absolute atomic E-state index is 0. The summed E-state index contributed by atoms with van der Waals surface area (Å²) in [7, 11) is 0. The maximum atomic E-state index is 4.19. The number of nitrogens with zero attached hydrogens (tertiary/aromatic N) is 3. The van der Waals surface area contributed by atoms with Gasteiger partial charge in [0.05, 0.1) is 37.6 Å². The smallest absolute Gasteiger partial charge is 0.324 e. The van der Waals surface area contributed by atoms with Crippen molar-refractivity contribution in [3.8, 4) is 11.4 Å². The predicted molar refractivity (Wildman–Crippen MR) is 127 cm³/mol. The summed E-state index contributed by atoms with van der Waals surface area (Å²) in [5.41, 5.74) is 1.83. The normalized spacial score (nSPS) is 10.7. The van der Waals surface area contributed by atoms with E-state index in [1.807, 2.05) is 36.4 Å². The summed E-state index contributed by atoms with van der Waals surface area (Å²) >= 11 is 0. The van der Waals surface area contributed by atoms with Gasteiger partial charge in [0.2, 0.25) is 0 Å². The van der Waals surface area contributed by atoms with Crippen LogP contribution in [0.1, 0.15) is 79.1 Å². The summed E-state index contributed by atoms with van der Waals surface area (Å²) in [4.78, 5) is 8.37. The monoisotopic (exact) mass is 500 g/mol. The minimum atomic E-state index is 0. The molecule has 0 aromatic carbocycles. The summed E-state index contributed by atoms with van der Waals surface area (Å²) in [6.45, 7) is 15.0. The summed E-state index contributed by atoms with van der Waals surface area (Å²) in [5, 5.41) is 0. The van der Waals surface area contributed by atoms with E-state index >= 15 is 0 Å². The van der Waals surface area contributed by atoms with Gasteiger partial charge in [-0.05, 0) is 49.9 Å². The molecule has 0 unspecified atom stereocenters. The van der Waals surface area contributed by atoms with Gasteiger partial charge in [0.1, 0.15) is 0 Å².